The molecule has 0 amide bonds. The first kappa shape index (κ1) is 16.3. The zero-order valence-electron chi connectivity index (χ0n) is 14.6. The molecule has 1 heterocycles. The summed E-state index contributed by atoms with van der Waals surface area (Å²) >= 11 is 6.56. The van der Waals surface area contributed by atoms with Crippen LogP contribution in [-0.2, 0) is 6.42 Å². The molecule has 3 aromatic carbocycles. The number of fused-ring (bicyclic) bond motifs is 3. The highest BCUT2D eigenvalue weighted by Crippen LogP contribution is 2.49. The van der Waals surface area contributed by atoms with Gasteiger partial charge >= 0.3 is 5.63 Å². The fourth-order valence-electron chi connectivity index (χ4n) is 4.43. The second-order valence-electron chi connectivity index (χ2n) is 7.00. The lowest BCUT2D eigenvalue weighted by Crippen LogP contribution is -2.15. The average Bonchev–Trinajstić information content (AvgIpc) is 3.10. The molecule has 2 atom stereocenters. The predicted molar refractivity (Wildman–Crippen MR) is 109 cm³/mol. The van der Waals surface area contributed by atoms with Gasteiger partial charge in [0, 0.05) is 27.8 Å². The van der Waals surface area contributed by atoms with Gasteiger partial charge in [0.05, 0.1) is 0 Å². The number of halogens is 1. The Hall–Kier alpha value is -2.84. The SMILES string of the molecule is O=c1oc2ccccc2c2c1[C@H](c1ccccc1)[C@@H](c1ccccc1Cl)C2. The zero-order valence-corrected chi connectivity index (χ0v) is 15.3. The lowest BCUT2D eigenvalue weighted by molar-refractivity contribution is 0.542. The highest BCUT2D eigenvalue weighted by molar-refractivity contribution is 6.31. The van der Waals surface area contributed by atoms with Gasteiger partial charge in [0.2, 0.25) is 0 Å². The van der Waals surface area contributed by atoms with Crippen LogP contribution in [0.15, 0.2) is 88.1 Å². The van der Waals surface area contributed by atoms with Crippen LogP contribution in [0.5, 0.6) is 0 Å². The third kappa shape index (κ3) is 2.60. The van der Waals surface area contributed by atoms with E-state index in [1.807, 2.05) is 60.7 Å². The van der Waals surface area contributed by atoms with Crippen molar-refractivity contribution in [2.45, 2.75) is 18.3 Å². The number of benzene rings is 3. The Morgan fingerprint density at radius 2 is 1.56 bits per heavy atom. The third-order valence-electron chi connectivity index (χ3n) is 5.56. The Labute approximate surface area is 162 Å². The Morgan fingerprint density at radius 3 is 2.37 bits per heavy atom. The molecule has 1 aromatic heterocycles. The molecular formula is C24H17ClO2. The first-order chi connectivity index (χ1) is 13.2. The predicted octanol–water partition coefficient (Wildman–Crippen LogP) is 5.92. The monoisotopic (exact) mass is 372 g/mol. The molecule has 0 N–H and O–H groups in total. The van der Waals surface area contributed by atoms with Crippen LogP contribution in [0.2, 0.25) is 5.02 Å². The quantitative estimate of drug-likeness (QED) is 0.409. The molecular weight excluding hydrogens is 356 g/mol. The van der Waals surface area contributed by atoms with Crippen LogP contribution in [-0.4, -0.2) is 0 Å². The Bertz CT molecular complexity index is 1190. The fourth-order valence-corrected chi connectivity index (χ4v) is 4.70. The largest absolute Gasteiger partial charge is 0.422 e. The average molecular weight is 373 g/mol. The summed E-state index contributed by atoms with van der Waals surface area (Å²) in [6.45, 7) is 0. The summed E-state index contributed by atoms with van der Waals surface area (Å²) in [7, 11) is 0. The summed E-state index contributed by atoms with van der Waals surface area (Å²) in [5, 5.41) is 1.76. The number of hydrogen-bond acceptors (Lipinski definition) is 2. The maximum Gasteiger partial charge on any atom is 0.340 e. The Balaban J connectivity index is 1.81. The molecule has 2 nitrogen and oxygen atoms in total. The normalized spacial score (nSPS) is 18.6. The second kappa shape index (κ2) is 6.40. The number of rotatable bonds is 2. The van der Waals surface area contributed by atoms with Gasteiger partial charge in [-0.25, -0.2) is 4.79 Å². The first-order valence-electron chi connectivity index (χ1n) is 9.08. The van der Waals surface area contributed by atoms with Crippen LogP contribution < -0.4 is 5.63 Å². The summed E-state index contributed by atoms with van der Waals surface area (Å²) in [5.74, 6) is 0.0340. The van der Waals surface area contributed by atoms with Gasteiger partial charge in [-0.3, -0.25) is 0 Å². The summed E-state index contributed by atoms with van der Waals surface area (Å²) in [5.41, 5.74) is 4.45. The van der Waals surface area contributed by atoms with Gasteiger partial charge in [-0.15, -0.1) is 0 Å². The molecule has 5 rings (SSSR count). The van der Waals surface area contributed by atoms with Crippen molar-refractivity contribution in [2.24, 2.45) is 0 Å². The number of para-hydroxylation sites is 1. The molecule has 4 aromatic rings. The lowest BCUT2D eigenvalue weighted by atomic mass is 9.82. The van der Waals surface area contributed by atoms with Crippen LogP contribution in [0.1, 0.15) is 34.1 Å². The van der Waals surface area contributed by atoms with E-state index in [0.717, 1.165) is 39.1 Å². The van der Waals surface area contributed by atoms with Crippen molar-refractivity contribution in [3.63, 3.8) is 0 Å². The lowest BCUT2D eigenvalue weighted by Gasteiger charge is -2.21. The van der Waals surface area contributed by atoms with E-state index in [2.05, 4.69) is 18.2 Å². The van der Waals surface area contributed by atoms with Gasteiger partial charge in [0.15, 0.2) is 0 Å². The van der Waals surface area contributed by atoms with Crippen molar-refractivity contribution >= 4 is 22.6 Å². The van der Waals surface area contributed by atoms with Gasteiger partial charge in [-0.1, -0.05) is 78.3 Å². The van der Waals surface area contributed by atoms with Gasteiger partial charge in [-0.05, 0) is 35.2 Å². The van der Waals surface area contributed by atoms with Crippen molar-refractivity contribution in [3.8, 4) is 0 Å². The molecule has 0 spiro atoms. The molecule has 27 heavy (non-hydrogen) atoms. The maximum atomic E-state index is 13.0. The Morgan fingerprint density at radius 1 is 0.852 bits per heavy atom. The molecule has 0 fully saturated rings. The minimum Gasteiger partial charge on any atom is -0.422 e. The van der Waals surface area contributed by atoms with Gasteiger partial charge in [0.25, 0.3) is 0 Å². The topological polar surface area (TPSA) is 30.2 Å². The summed E-state index contributed by atoms with van der Waals surface area (Å²) < 4.78 is 5.68. The van der Waals surface area contributed by atoms with Crippen molar-refractivity contribution in [1.82, 2.24) is 0 Å². The summed E-state index contributed by atoms with van der Waals surface area (Å²) in [6.07, 6.45) is 0.769. The van der Waals surface area contributed by atoms with E-state index in [1.54, 1.807) is 0 Å². The van der Waals surface area contributed by atoms with E-state index in [1.165, 1.54) is 0 Å². The van der Waals surface area contributed by atoms with Crippen LogP contribution in [0, 0.1) is 0 Å². The molecule has 1 aliphatic carbocycles. The van der Waals surface area contributed by atoms with Crippen molar-refractivity contribution in [3.05, 3.63) is 117 Å². The van der Waals surface area contributed by atoms with Crippen LogP contribution >= 0.6 is 11.6 Å². The molecule has 0 radical (unpaired) electrons. The van der Waals surface area contributed by atoms with E-state index >= 15 is 0 Å². The highest BCUT2D eigenvalue weighted by atomic mass is 35.5. The molecule has 0 aliphatic heterocycles. The third-order valence-corrected chi connectivity index (χ3v) is 5.90. The van der Waals surface area contributed by atoms with Crippen molar-refractivity contribution in [1.29, 1.82) is 0 Å². The number of hydrogen-bond donors (Lipinski definition) is 0. The highest BCUT2D eigenvalue weighted by Gasteiger charge is 2.39. The van der Waals surface area contributed by atoms with E-state index < -0.39 is 0 Å². The maximum absolute atomic E-state index is 13.0. The van der Waals surface area contributed by atoms with Gasteiger partial charge < -0.3 is 4.42 Å². The van der Waals surface area contributed by atoms with E-state index in [4.69, 9.17) is 16.0 Å². The molecule has 0 bridgehead atoms. The Kier molecular flexibility index (Phi) is 3.87. The van der Waals surface area contributed by atoms with Crippen LogP contribution in [0.3, 0.4) is 0 Å². The smallest absolute Gasteiger partial charge is 0.340 e. The summed E-state index contributed by atoms with van der Waals surface area (Å²) in [6, 6.07) is 25.9. The standard InChI is InChI=1S/C24H17ClO2/c25-20-12-6-4-10-16(20)18-14-19-17-11-5-7-13-21(17)27-24(26)23(19)22(18)15-8-2-1-3-9-15/h1-13,18,22H,14H2/t18-,22-/m1/s1. The van der Waals surface area contributed by atoms with Gasteiger partial charge in [-0.2, -0.15) is 0 Å². The van der Waals surface area contributed by atoms with Crippen LogP contribution in [0.4, 0.5) is 0 Å². The first-order valence-corrected chi connectivity index (χ1v) is 9.46. The zero-order chi connectivity index (χ0) is 18.4. The van der Waals surface area contributed by atoms with Crippen LogP contribution in [0.25, 0.3) is 11.0 Å². The molecule has 0 saturated heterocycles. The van der Waals surface area contributed by atoms with Crippen molar-refractivity contribution < 1.29 is 4.42 Å². The van der Waals surface area contributed by atoms with E-state index in [9.17, 15) is 4.79 Å². The molecule has 0 unspecified atom stereocenters. The molecule has 0 saturated carbocycles. The summed E-state index contributed by atoms with van der Waals surface area (Å²) in [4.78, 5) is 13.0. The minimum absolute atomic E-state index is 0.0676. The van der Waals surface area contributed by atoms with Crippen molar-refractivity contribution in [2.75, 3.05) is 0 Å². The van der Waals surface area contributed by atoms with Gasteiger partial charge in [0.1, 0.15) is 5.58 Å². The fraction of sp³-hybridized carbons (Fsp3) is 0.125. The second-order valence-corrected chi connectivity index (χ2v) is 7.41. The van der Waals surface area contributed by atoms with E-state index in [0.29, 0.717) is 5.58 Å². The molecule has 3 heteroatoms. The molecule has 132 valence electrons. The minimum atomic E-state index is -0.243. The van der Waals surface area contributed by atoms with E-state index in [-0.39, 0.29) is 17.5 Å². The molecule has 1 aliphatic rings.